The van der Waals surface area contributed by atoms with Gasteiger partial charge in [0.05, 0.1) is 34.5 Å². The zero-order chi connectivity index (χ0) is 14.8. The van der Waals surface area contributed by atoms with Crippen LogP contribution in [0.5, 0.6) is 0 Å². The van der Waals surface area contributed by atoms with E-state index in [-0.39, 0.29) is 5.56 Å². The molecular formula is C15H10ClN3O2. The summed E-state index contributed by atoms with van der Waals surface area (Å²) in [6, 6.07) is 8.22. The number of carboxylic acid groups (broad SMARTS) is 1. The molecule has 0 bridgehead atoms. The van der Waals surface area contributed by atoms with Crippen LogP contribution in [-0.4, -0.2) is 25.6 Å². The number of carboxylic acids is 1. The SMILES string of the molecule is O=C(O)c1ccc(-c2ncc(-n3ccnc3)cc2Cl)cc1. The molecule has 0 saturated heterocycles. The zero-order valence-electron chi connectivity index (χ0n) is 10.8. The molecule has 1 aromatic carbocycles. The summed E-state index contributed by atoms with van der Waals surface area (Å²) < 4.78 is 1.80. The smallest absolute Gasteiger partial charge is 0.335 e. The second kappa shape index (κ2) is 5.38. The average molecular weight is 300 g/mol. The molecule has 0 radical (unpaired) electrons. The van der Waals surface area contributed by atoms with Crippen LogP contribution in [0.4, 0.5) is 0 Å². The van der Waals surface area contributed by atoms with Gasteiger partial charge in [-0.1, -0.05) is 23.7 Å². The van der Waals surface area contributed by atoms with Gasteiger partial charge in [0.1, 0.15) is 0 Å². The first-order chi connectivity index (χ1) is 10.1. The van der Waals surface area contributed by atoms with Gasteiger partial charge in [-0.05, 0) is 18.2 Å². The number of carbonyl (C=O) groups is 1. The van der Waals surface area contributed by atoms with Gasteiger partial charge in [0, 0.05) is 18.0 Å². The maximum Gasteiger partial charge on any atom is 0.335 e. The molecule has 2 aromatic heterocycles. The molecule has 0 aliphatic heterocycles. The number of imidazole rings is 1. The highest BCUT2D eigenvalue weighted by Gasteiger charge is 2.09. The number of hydrogen-bond acceptors (Lipinski definition) is 3. The first kappa shape index (κ1) is 13.3. The van der Waals surface area contributed by atoms with E-state index in [0.29, 0.717) is 10.7 Å². The molecule has 0 saturated carbocycles. The molecule has 1 N–H and O–H groups in total. The van der Waals surface area contributed by atoms with Crippen molar-refractivity contribution < 1.29 is 9.90 Å². The molecule has 0 atom stereocenters. The van der Waals surface area contributed by atoms with E-state index in [9.17, 15) is 4.79 Å². The quantitative estimate of drug-likeness (QED) is 0.806. The molecule has 0 aliphatic rings. The standard InChI is InChI=1S/C15H10ClN3O2/c16-13-7-12(19-6-5-17-9-19)8-18-14(13)10-1-3-11(4-2-10)15(20)21/h1-9H,(H,20,21). The van der Waals surface area contributed by atoms with Gasteiger partial charge in [-0.3, -0.25) is 4.98 Å². The first-order valence-corrected chi connectivity index (χ1v) is 6.50. The molecule has 21 heavy (non-hydrogen) atoms. The summed E-state index contributed by atoms with van der Waals surface area (Å²) in [6.07, 6.45) is 6.82. The highest BCUT2D eigenvalue weighted by molar-refractivity contribution is 6.33. The molecule has 0 amide bonds. The second-order valence-electron chi connectivity index (χ2n) is 4.38. The van der Waals surface area contributed by atoms with E-state index in [2.05, 4.69) is 9.97 Å². The molecule has 0 aliphatic carbocycles. The van der Waals surface area contributed by atoms with Gasteiger partial charge in [0.15, 0.2) is 0 Å². The van der Waals surface area contributed by atoms with Gasteiger partial charge in [0.25, 0.3) is 0 Å². The van der Waals surface area contributed by atoms with Crippen molar-refractivity contribution in [2.24, 2.45) is 0 Å². The number of benzene rings is 1. The van der Waals surface area contributed by atoms with Crippen LogP contribution in [0.1, 0.15) is 10.4 Å². The van der Waals surface area contributed by atoms with Gasteiger partial charge >= 0.3 is 5.97 Å². The third-order valence-corrected chi connectivity index (χ3v) is 3.32. The van der Waals surface area contributed by atoms with Crippen molar-refractivity contribution in [3.63, 3.8) is 0 Å². The summed E-state index contributed by atoms with van der Waals surface area (Å²) in [5.74, 6) is -0.962. The Bertz CT molecular complexity index is 783. The minimum atomic E-state index is -0.962. The normalized spacial score (nSPS) is 10.5. The number of nitrogens with zero attached hydrogens (tertiary/aromatic N) is 3. The Morgan fingerprint density at radius 3 is 2.57 bits per heavy atom. The van der Waals surface area contributed by atoms with Crippen LogP contribution in [0.3, 0.4) is 0 Å². The topological polar surface area (TPSA) is 68.0 Å². The van der Waals surface area contributed by atoms with Crippen LogP contribution < -0.4 is 0 Å². The summed E-state index contributed by atoms with van der Waals surface area (Å²) in [4.78, 5) is 19.2. The predicted octanol–water partition coefficient (Wildman–Crippen LogP) is 3.29. The van der Waals surface area contributed by atoms with Crippen LogP contribution in [0.25, 0.3) is 16.9 Å². The monoisotopic (exact) mass is 299 g/mol. The Morgan fingerprint density at radius 1 is 1.24 bits per heavy atom. The van der Waals surface area contributed by atoms with Crippen molar-refractivity contribution in [2.45, 2.75) is 0 Å². The van der Waals surface area contributed by atoms with Crippen molar-refractivity contribution in [3.8, 4) is 16.9 Å². The van der Waals surface area contributed by atoms with Crippen molar-refractivity contribution in [3.05, 3.63) is 65.8 Å². The predicted molar refractivity (Wildman–Crippen MR) is 78.8 cm³/mol. The van der Waals surface area contributed by atoms with Crippen molar-refractivity contribution >= 4 is 17.6 Å². The minimum Gasteiger partial charge on any atom is -0.478 e. The molecule has 5 nitrogen and oxygen atoms in total. The molecule has 0 spiro atoms. The molecule has 104 valence electrons. The maximum absolute atomic E-state index is 10.8. The van der Waals surface area contributed by atoms with E-state index in [0.717, 1.165) is 11.3 Å². The maximum atomic E-state index is 10.8. The fourth-order valence-corrected chi connectivity index (χ4v) is 2.23. The van der Waals surface area contributed by atoms with E-state index in [1.54, 1.807) is 47.7 Å². The molecular weight excluding hydrogens is 290 g/mol. The second-order valence-corrected chi connectivity index (χ2v) is 4.78. The number of halogens is 1. The fraction of sp³-hybridized carbons (Fsp3) is 0. The largest absolute Gasteiger partial charge is 0.478 e. The summed E-state index contributed by atoms with van der Waals surface area (Å²) >= 11 is 6.27. The van der Waals surface area contributed by atoms with E-state index < -0.39 is 5.97 Å². The first-order valence-electron chi connectivity index (χ1n) is 6.13. The van der Waals surface area contributed by atoms with Gasteiger partial charge in [-0.2, -0.15) is 0 Å². The third kappa shape index (κ3) is 2.64. The summed E-state index contributed by atoms with van der Waals surface area (Å²) in [6.45, 7) is 0. The lowest BCUT2D eigenvalue weighted by molar-refractivity contribution is 0.0697. The lowest BCUT2D eigenvalue weighted by atomic mass is 10.1. The lowest BCUT2D eigenvalue weighted by Crippen LogP contribution is -1.96. The number of pyridine rings is 1. The number of aromatic nitrogens is 3. The Kier molecular flexibility index (Phi) is 3.41. The Morgan fingerprint density at radius 2 is 2.00 bits per heavy atom. The van der Waals surface area contributed by atoms with Gasteiger partial charge in [-0.25, -0.2) is 9.78 Å². The van der Waals surface area contributed by atoms with Crippen LogP contribution in [-0.2, 0) is 0 Å². The number of aromatic carboxylic acids is 1. The average Bonchev–Trinajstić information content (AvgIpc) is 3.01. The highest BCUT2D eigenvalue weighted by atomic mass is 35.5. The molecule has 0 fully saturated rings. The van der Waals surface area contributed by atoms with Crippen LogP contribution >= 0.6 is 11.6 Å². The molecule has 0 unspecified atom stereocenters. The lowest BCUT2D eigenvalue weighted by Gasteiger charge is -2.07. The van der Waals surface area contributed by atoms with E-state index in [1.807, 2.05) is 0 Å². The van der Waals surface area contributed by atoms with Crippen molar-refractivity contribution in [1.29, 1.82) is 0 Å². The molecule has 3 aromatic rings. The van der Waals surface area contributed by atoms with Crippen LogP contribution in [0, 0.1) is 0 Å². The molecule has 2 heterocycles. The van der Waals surface area contributed by atoms with Crippen molar-refractivity contribution in [2.75, 3.05) is 0 Å². The summed E-state index contributed by atoms with van der Waals surface area (Å²) in [7, 11) is 0. The van der Waals surface area contributed by atoms with E-state index in [1.165, 1.54) is 12.1 Å². The van der Waals surface area contributed by atoms with Gasteiger partial charge in [0.2, 0.25) is 0 Å². The Balaban J connectivity index is 1.97. The molecule has 6 heteroatoms. The summed E-state index contributed by atoms with van der Waals surface area (Å²) in [5.41, 5.74) is 2.41. The van der Waals surface area contributed by atoms with Crippen LogP contribution in [0.2, 0.25) is 5.02 Å². The fourth-order valence-electron chi connectivity index (χ4n) is 1.96. The third-order valence-electron chi connectivity index (χ3n) is 3.03. The van der Waals surface area contributed by atoms with Crippen molar-refractivity contribution in [1.82, 2.24) is 14.5 Å². The highest BCUT2D eigenvalue weighted by Crippen LogP contribution is 2.27. The Hall–Kier alpha value is -2.66. The van der Waals surface area contributed by atoms with E-state index >= 15 is 0 Å². The van der Waals surface area contributed by atoms with Gasteiger partial charge < -0.3 is 9.67 Å². The zero-order valence-corrected chi connectivity index (χ0v) is 11.5. The van der Waals surface area contributed by atoms with Crippen LogP contribution in [0.15, 0.2) is 55.2 Å². The Labute approximate surface area is 125 Å². The minimum absolute atomic E-state index is 0.227. The van der Waals surface area contributed by atoms with E-state index in [4.69, 9.17) is 16.7 Å². The van der Waals surface area contributed by atoms with Gasteiger partial charge in [-0.15, -0.1) is 0 Å². The summed E-state index contributed by atoms with van der Waals surface area (Å²) in [5, 5.41) is 9.38. The number of rotatable bonds is 3. The number of hydrogen-bond donors (Lipinski definition) is 1. The molecule has 3 rings (SSSR count).